The molecule has 0 aliphatic rings. The molecule has 3 N–H and O–H groups in total. The van der Waals surface area contributed by atoms with Crippen LogP contribution in [-0.4, -0.2) is 31.7 Å². The van der Waals surface area contributed by atoms with Crippen LogP contribution in [0.25, 0.3) is 6.08 Å². The lowest BCUT2D eigenvalue weighted by molar-refractivity contribution is -0.588. The maximum Gasteiger partial charge on any atom is 0.0925 e. The smallest absolute Gasteiger partial charge is 0.0925 e. The first-order valence-electron chi connectivity index (χ1n) is 9.40. The van der Waals surface area contributed by atoms with Gasteiger partial charge in [-0.05, 0) is 49.5 Å². The van der Waals surface area contributed by atoms with Crippen LogP contribution < -0.4 is 10.4 Å². The third kappa shape index (κ3) is 13.6. The van der Waals surface area contributed by atoms with E-state index in [-0.39, 0.29) is 0 Å². The van der Waals surface area contributed by atoms with Crippen LogP contribution >= 0.6 is 21.9 Å². The van der Waals surface area contributed by atoms with Crippen LogP contribution in [0.3, 0.4) is 0 Å². The number of rotatable bonds is 15. The van der Waals surface area contributed by atoms with Crippen molar-refractivity contribution in [2.75, 3.05) is 31.5 Å². The van der Waals surface area contributed by atoms with E-state index in [1.54, 1.807) is 25.0 Å². The SMILES string of the molecule is COSSCCCCCC[NH2+]/C=C\C=C/C/C=C/c1ccc(N(C)O)cc1. The lowest BCUT2D eigenvalue weighted by Gasteiger charge is -2.09. The van der Waals surface area contributed by atoms with Gasteiger partial charge in [0.1, 0.15) is 0 Å². The number of nitrogens with two attached hydrogens (primary N) is 1. The predicted molar refractivity (Wildman–Crippen MR) is 121 cm³/mol. The van der Waals surface area contributed by atoms with E-state index in [1.807, 2.05) is 24.3 Å². The van der Waals surface area contributed by atoms with Crippen molar-refractivity contribution >= 4 is 33.6 Å². The molecule has 0 unspecified atom stereocenters. The molecule has 0 heterocycles. The second kappa shape index (κ2) is 17.0. The molecule has 0 spiro atoms. The molecule has 0 saturated carbocycles. The molecular weight excluding hydrogens is 376 g/mol. The minimum absolute atomic E-state index is 0.786. The van der Waals surface area contributed by atoms with E-state index in [0.717, 1.165) is 29.3 Å². The Hall–Kier alpha value is -1.18. The molecule has 0 atom stereocenters. The Morgan fingerprint density at radius 2 is 1.85 bits per heavy atom. The van der Waals surface area contributed by atoms with Gasteiger partial charge >= 0.3 is 0 Å². The number of hydroxylamine groups is 1. The van der Waals surface area contributed by atoms with Crippen LogP contribution in [-0.2, 0) is 4.18 Å². The van der Waals surface area contributed by atoms with Crippen LogP contribution in [0.15, 0.2) is 54.8 Å². The Bertz CT molecular complexity index is 558. The highest BCUT2D eigenvalue weighted by atomic mass is 33.1. The number of anilines is 1. The van der Waals surface area contributed by atoms with E-state index in [1.165, 1.54) is 42.5 Å². The molecule has 1 rings (SSSR count). The van der Waals surface area contributed by atoms with E-state index in [0.29, 0.717) is 0 Å². The van der Waals surface area contributed by atoms with Gasteiger partial charge in [0.25, 0.3) is 0 Å². The van der Waals surface area contributed by atoms with Crippen molar-refractivity contribution < 1.29 is 14.7 Å². The lowest BCUT2D eigenvalue weighted by atomic mass is 10.2. The number of unbranched alkanes of at least 4 members (excludes halogenated alkanes) is 3. The minimum atomic E-state index is 0.786. The second-order valence-corrected chi connectivity index (χ2v) is 8.29. The summed E-state index contributed by atoms with van der Waals surface area (Å²) in [6.45, 7) is 1.16. The van der Waals surface area contributed by atoms with Gasteiger partial charge in [-0.15, -0.1) is 0 Å². The summed E-state index contributed by atoms with van der Waals surface area (Å²) < 4.78 is 4.94. The number of nitrogens with zero attached hydrogens (tertiary/aromatic N) is 1. The summed E-state index contributed by atoms with van der Waals surface area (Å²) in [6, 6.07) is 7.78. The van der Waals surface area contributed by atoms with E-state index in [4.69, 9.17) is 4.18 Å². The van der Waals surface area contributed by atoms with E-state index < -0.39 is 0 Å². The predicted octanol–water partition coefficient (Wildman–Crippen LogP) is 5.05. The highest BCUT2D eigenvalue weighted by molar-refractivity contribution is 8.74. The van der Waals surface area contributed by atoms with Gasteiger partial charge in [-0.2, -0.15) is 0 Å². The molecule has 0 fully saturated rings. The van der Waals surface area contributed by atoms with Gasteiger partial charge in [0, 0.05) is 12.8 Å². The molecule has 27 heavy (non-hydrogen) atoms. The maximum absolute atomic E-state index is 9.33. The molecule has 4 nitrogen and oxygen atoms in total. The summed E-state index contributed by atoms with van der Waals surface area (Å²) in [6.07, 6.45) is 18.8. The third-order valence-corrected chi connectivity index (χ3v) is 5.69. The topological polar surface area (TPSA) is 49.3 Å². The molecule has 0 saturated heterocycles. The van der Waals surface area contributed by atoms with Gasteiger partial charge < -0.3 is 9.50 Å². The van der Waals surface area contributed by atoms with Gasteiger partial charge in [-0.25, -0.2) is 0 Å². The number of quaternary nitrogens is 1. The highest BCUT2D eigenvalue weighted by Crippen LogP contribution is 2.22. The molecule has 6 heteroatoms. The lowest BCUT2D eigenvalue weighted by Crippen LogP contribution is -2.77. The molecular formula is C21H33N2O2S2+. The fourth-order valence-corrected chi connectivity index (χ4v) is 3.67. The Balaban J connectivity index is 2.00. The highest BCUT2D eigenvalue weighted by Gasteiger charge is 1.94. The van der Waals surface area contributed by atoms with Crippen LogP contribution in [0.2, 0.25) is 0 Å². The zero-order valence-corrected chi connectivity index (χ0v) is 18.1. The molecule has 150 valence electrons. The molecule has 0 amide bonds. The molecule has 1 aromatic carbocycles. The van der Waals surface area contributed by atoms with Gasteiger partial charge in [-0.3, -0.25) is 10.3 Å². The summed E-state index contributed by atoms with van der Waals surface area (Å²) in [5.74, 6) is 1.17. The standard InChI is InChI=1S/C21H32N2O2S2/c1-23(24)21-15-13-20(14-16-21)12-8-4-3-5-9-17-22-18-10-6-7-11-19-26-27-25-2/h3,5,8-9,12-17,22,24H,4,6-7,10-11,18-19H2,1-2H3/p+1/b5-3-,12-8+,17-9-. The molecule has 0 bridgehead atoms. The van der Waals surface area contributed by atoms with Gasteiger partial charge in [0.2, 0.25) is 0 Å². The average Bonchev–Trinajstić information content (AvgIpc) is 2.68. The van der Waals surface area contributed by atoms with Crippen LogP contribution in [0.5, 0.6) is 0 Å². The van der Waals surface area contributed by atoms with Gasteiger partial charge in [0.05, 0.1) is 36.6 Å². The van der Waals surface area contributed by atoms with Crippen molar-refractivity contribution in [3.05, 3.63) is 60.3 Å². The monoisotopic (exact) mass is 409 g/mol. The summed E-state index contributed by atoms with van der Waals surface area (Å²) in [7, 11) is 5.12. The summed E-state index contributed by atoms with van der Waals surface area (Å²) in [5, 5.41) is 12.7. The largest absolute Gasteiger partial charge is 0.320 e. The maximum atomic E-state index is 9.33. The quantitative estimate of drug-likeness (QED) is 0.140. The van der Waals surface area contributed by atoms with Crippen LogP contribution in [0.4, 0.5) is 5.69 Å². The van der Waals surface area contributed by atoms with Gasteiger partial charge in [-0.1, -0.05) is 53.7 Å². The zero-order chi connectivity index (χ0) is 19.6. The van der Waals surface area contributed by atoms with Crippen molar-refractivity contribution in [1.29, 1.82) is 0 Å². The first kappa shape index (κ1) is 23.9. The molecule has 1 aromatic rings. The fraction of sp³-hybridized carbons (Fsp3) is 0.429. The Morgan fingerprint density at radius 3 is 2.59 bits per heavy atom. The average molecular weight is 410 g/mol. The fourth-order valence-electron chi connectivity index (χ4n) is 2.34. The molecule has 0 radical (unpaired) electrons. The first-order chi connectivity index (χ1) is 13.2. The van der Waals surface area contributed by atoms with Crippen molar-refractivity contribution in [2.24, 2.45) is 0 Å². The Kier molecular flexibility index (Phi) is 15.0. The van der Waals surface area contributed by atoms with Crippen molar-refractivity contribution in [3.63, 3.8) is 0 Å². The minimum Gasteiger partial charge on any atom is -0.320 e. The molecule has 0 aliphatic carbocycles. The third-order valence-electron chi connectivity index (χ3n) is 3.81. The number of hydrogen-bond acceptors (Lipinski definition) is 5. The number of benzene rings is 1. The Morgan fingerprint density at radius 1 is 1.07 bits per heavy atom. The molecule has 0 aliphatic heterocycles. The summed E-state index contributed by atoms with van der Waals surface area (Å²) in [5.41, 5.74) is 1.92. The van der Waals surface area contributed by atoms with Crippen molar-refractivity contribution in [3.8, 4) is 0 Å². The molecule has 0 aromatic heterocycles. The zero-order valence-electron chi connectivity index (χ0n) is 16.4. The number of allylic oxidation sites excluding steroid dienone is 4. The van der Waals surface area contributed by atoms with E-state index in [9.17, 15) is 5.21 Å². The van der Waals surface area contributed by atoms with Crippen molar-refractivity contribution in [1.82, 2.24) is 0 Å². The summed E-state index contributed by atoms with van der Waals surface area (Å²) >= 11 is 1.47. The normalized spacial score (nSPS) is 12.0. The van der Waals surface area contributed by atoms with Crippen molar-refractivity contribution in [2.45, 2.75) is 32.1 Å². The summed E-state index contributed by atoms with van der Waals surface area (Å²) in [4.78, 5) is 0. The van der Waals surface area contributed by atoms with E-state index >= 15 is 0 Å². The van der Waals surface area contributed by atoms with E-state index in [2.05, 4.69) is 41.9 Å². The Labute approximate surface area is 172 Å². The van der Waals surface area contributed by atoms with Gasteiger partial charge in [0.15, 0.2) is 0 Å². The van der Waals surface area contributed by atoms with Crippen LogP contribution in [0.1, 0.15) is 37.7 Å². The first-order valence-corrected chi connectivity index (χ1v) is 11.6. The number of hydrogen-bond donors (Lipinski definition) is 2. The second-order valence-electron chi connectivity index (χ2n) is 6.06. The van der Waals surface area contributed by atoms with Crippen LogP contribution in [0, 0.1) is 0 Å².